The van der Waals surface area contributed by atoms with Gasteiger partial charge in [-0.05, 0) is 24.3 Å². The van der Waals surface area contributed by atoms with Gasteiger partial charge in [-0.25, -0.2) is 9.69 Å². The minimum Gasteiger partial charge on any atom is -0.497 e. The molecule has 6 heteroatoms. The van der Waals surface area contributed by atoms with E-state index in [1.807, 2.05) is 6.07 Å². The molecule has 0 aromatic heterocycles. The number of hydrogen-bond acceptors (Lipinski definition) is 4. The number of nitriles is 1. The second kappa shape index (κ2) is 4.75. The molecule has 0 saturated carbocycles. The number of carbonyl (C=O) groups is 1. The number of anilines is 1. The minimum atomic E-state index is -0.341. The van der Waals surface area contributed by atoms with E-state index in [4.69, 9.17) is 15.4 Å². The number of amidine groups is 1. The fourth-order valence-corrected chi connectivity index (χ4v) is 1.78. The molecule has 0 unspecified atom stereocenters. The molecular formula is C12H12N4O2. The first-order valence-electron chi connectivity index (χ1n) is 5.35. The highest BCUT2D eigenvalue weighted by Crippen LogP contribution is 2.23. The number of amides is 2. The molecular weight excluding hydrogens is 232 g/mol. The molecule has 1 aliphatic heterocycles. The van der Waals surface area contributed by atoms with E-state index in [2.05, 4.69) is 0 Å². The van der Waals surface area contributed by atoms with E-state index in [9.17, 15) is 4.79 Å². The van der Waals surface area contributed by atoms with Crippen molar-refractivity contribution in [2.45, 2.75) is 0 Å². The van der Waals surface area contributed by atoms with E-state index >= 15 is 0 Å². The van der Waals surface area contributed by atoms with Crippen LogP contribution in [0.25, 0.3) is 0 Å². The first kappa shape index (κ1) is 11.9. The molecule has 92 valence electrons. The first-order chi connectivity index (χ1) is 8.67. The van der Waals surface area contributed by atoms with Crippen LogP contribution >= 0.6 is 0 Å². The molecule has 2 amide bonds. The molecule has 1 N–H and O–H groups in total. The van der Waals surface area contributed by atoms with Gasteiger partial charge in [-0.15, -0.1) is 0 Å². The number of ether oxygens (including phenoxy) is 1. The Balaban J connectivity index is 2.25. The summed E-state index contributed by atoms with van der Waals surface area (Å²) in [6.45, 7) is 0.159. The van der Waals surface area contributed by atoms with Crippen LogP contribution in [0.3, 0.4) is 0 Å². The van der Waals surface area contributed by atoms with Crippen LogP contribution in [0.5, 0.6) is 5.75 Å². The Bertz CT molecular complexity index is 518. The van der Waals surface area contributed by atoms with E-state index in [0.717, 1.165) is 0 Å². The van der Waals surface area contributed by atoms with Gasteiger partial charge in [-0.2, -0.15) is 5.26 Å². The molecule has 0 bridgehead atoms. The van der Waals surface area contributed by atoms with Crippen molar-refractivity contribution in [3.05, 3.63) is 24.3 Å². The Morgan fingerprint density at radius 2 is 2.11 bits per heavy atom. The molecule has 1 aromatic rings. The summed E-state index contributed by atoms with van der Waals surface area (Å²) in [4.78, 5) is 14.6. The second-order valence-electron chi connectivity index (χ2n) is 3.78. The highest BCUT2D eigenvalue weighted by molar-refractivity contribution is 6.20. The molecule has 6 nitrogen and oxygen atoms in total. The molecule has 1 aliphatic rings. The Kier molecular flexibility index (Phi) is 3.15. The lowest BCUT2D eigenvalue weighted by Gasteiger charge is -2.16. The van der Waals surface area contributed by atoms with Crippen molar-refractivity contribution >= 4 is 17.6 Å². The van der Waals surface area contributed by atoms with Crippen molar-refractivity contribution in [3.63, 3.8) is 0 Å². The maximum atomic E-state index is 12.0. The Hall–Kier alpha value is -2.55. The highest BCUT2D eigenvalue weighted by Gasteiger charge is 2.34. The largest absolute Gasteiger partial charge is 0.497 e. The minimum absolute atomic E-state index is 0.00608. The van der Waals surface area contributed by atoms with E-state index in [1.165, 1.54) is 9.80 Å². The normalized spacial score (nSPS) is 14.9. The number of methoxy groups -OCH3 is 1. The van der Waals surface area contributed by atoms with E-state index in [-0.39, 0.29) is 25.0 Å². The number of nitrogens with zero attached hydrogens (tertiary/aromatic N) is 3. The fraction of sp³-hybridized carbons (Fsp3) is 0.250. The van der Waals surface area contributed by atoms with Gasteiger partial charge in [0.2, 0.25) is 0 Å². The maximum absolute atomic E-state index is 12.0. The molecule has 0 aliphatic carbocycles. The average Bonchev–Trinajstić information content (AvgIpc) is 2.65. The van der Waals surface area contributed by atoms with Crippen LogP contribution in [-0.2, 0) is 0 Å². The van der Waals surface area contributed by atoms with Crippen molar-refractivity contribution in [1.82, 2.24) is 4.90 Å². The Labute approximate surface area is 104 Å². The summed E-state index contributed by atoms with van der Waals surface area (Å²) in [5.41, 5.74) is 0.603. The van der Waals surface area contributed by atoms with Gasteiger partial charge in [0.1, 0.15) is 18.1 Å². The van der Waals surface area contributed by atoms with E-state index in [1.54, 1.807) is 31.4 Å². The zero-order valence-electron chi connectivity index (χ0n) is 9.88. The van der Waals surface area contributed by atoms with Crippen molar-refractivity contribution in [3.8, 4) is 11.8 Å². The topological polar surface area (TPSA) is 80.4 Å². The van der Waals surface area contributed by atoms with Gasteiger partial charge >= 0.3 is 6.03 Å². The van der Waals surface area contributed by atoms with Crippen molar-refractivity contribution < 1.29 is 9.53 Å². The lowest BCUT2D eigenvalue weighted by Crippen LogP contribution is -2.32. The third kappa shape index (κ3) is 1.98. The Morgan fingerprint density at radius 3 is 2.67 bits per heavy atom. The van der Waals surface area contributed by atoms with Crippen LogP contribution in [0.2, 0.25) is 0 Å². The molecule has 1 fully saturated rings. The Morgan fingerprint density at radius 1 is 1.44 bits per heavy atom. The van der Waals surface area contributed by atoms with Crippen LogP contribution < -0.4 is 9.64 Å². The van der Waals surface area contributed by atoms with Crippen LogP contribution in [0.1, 0.15) is 0 Å². The van der Waals surface area contributed by atoms with Crippen LogP contribution in [0.4, 0.5) is 10.5 Å². The maximum Gasteiger partial charge on any atom is 0.331 e. The van der Waals surface area contributed by atoms with Gasteiger partial charge in [0.05, 0.1) is 25.4 Å². The third-order valence-corrected chi connectivity index (χ3v) is 2.66. The fourth-order valence-electron chi connectivity index (χ4n) is 1.78. The molecule has 18 heavy (non-hydrogen) atoms. The molecule has 0 radical (unpaired) electrons. The SMILES string of the molecule is COc1ccc(N2C(=N)CN(CC#N)C2=O)cc1. The molecule has 0 spiro atoms. The lowest BCUT2D eigenvalue weighted by molar-refractivity contribution is 0.225. The summed E-state index contributed by atoms with van der Waals surface area (Å²) < 4.78 is 5.03. The van der Waals surface area contributed by atoms with Gasteiger partial charge in [-0.3, -0.25) is 5.41 Å². The first-order valence-corrected chi connectivity index (χ1v) is 5.35. The zero-order chi connectivity index (χ0) is 13.1. The lowest BCUT2D eigenvalue weighted by atomic mass is 10.3. The summed E-state index contributed by atoms with van der Waals surface area (Å²) in [5, 5.41) is 16.4. The van der Waals surface area contributed by atoms with Gasteiger partial charge < -0.3 is 9.64 Å². The van der Waals surface area contributed by atoms with Crippen molar-refractivity contribution in [2.75, 3.05) is 25.1 Å². The number of urea groups is 1. The average molecular weight is 244 g/mol. The van der Waals surface area contributed by atoms with Gasteiger partial charge in [-0.1, -0.05) is 0 Å². The van der Waals surface area contributed by atoms with E-state index in [0.29, 0.717) is 11.4 Å². The zero-order valence-corrected chi connectivity index (χ0v) is 9.88. The number of carbonyl (C=O) groups excluding carboxylic acids is 1. The number of rotatable bonds is 3. The second-order valence-corrected chi connectivity index (χ2v) is 3.78. The van der Waals surface area contributed by atoms with Crippen molar-refractivity contribution in [1.29, 1.82) is 10.7 Å². The summed E-state index contributed by atoms with van der Waals surface area (Å²) >= 11 is 0. The number of benzene rings is 1. The number of hydrogen-bond donors (Lipinski definition) is 1. The monoisotopic (exact) mass is 244 g/mol. The van der Waals surface area contributed by atoms with Gasteiger partial charge in [0.25, 0.3) is 0 Å². The predicted molar refractivity (Wildman–Crippen MR) is 65.8 cm³/mol. The van der Waals surface area contributed by atoms with Crippen LogP contribution in [0.15, 0.2) is 24.3 Å². The summed E-state index contributed by atoms with van der Waals surface area (Å²) in [7, 11) is 1.56. The summed E-state index contributed by atoms with van der Waals surface area (Å²) in [6.07, 6.45) is 0. The molecule has 0 atom stereocenters. The van der Waals surface area contributed by atoms with Crippen LogP contribution in [0, 0.1) is 16.7 Å². The summed E-state index contributed by atoms with van der Waals surface area (Å²) in [6, 6.07) is 8.44. The molecule has 2 rings (SSSR count). The molecule has 1 aromatic carbocycles. The predicted octanol–water partition coefficient (Wildman–Crippen LogP) is 1.44. The highest BCUT2D eigenvalue weighted by atomic mass is 16.5. The third-order valence-electron chi connectivity index (χ3n) is 2.66. The summed E-state index contributed by atoms with van der Waals surface area (Å²) in [5.74, 6) is 0.853. The smallest absolute Gasteiger partial charge is 0.331 e. The van der Waals surface area contributed by atoms with Gasteiger partial charge in [0, 0.05) is 0 Å². The van der Waals surface area contributed by atoms with Crippen molar-refractivity contribution in [2.24, 2.45) is 0 Å². The van der Waals surface area contributed by atoms with Gasteiger partial charge in [0.15, 0.2) is 0 Å². The quantitative estimate of drug-likeness (QED) is 0.817. The molecule has 1 heterocycles. The number of nitrogens with one attached hydrogen (secondary N) is 1. The standard InChI is InChI=1S/C12H12N4O2/c1-18-10-4-2-9(3-5-10)16-11(14)8-15(7-6-13)12(16)17/h2-5,14H,7-8H2,1H3. The van der Waals surface area contributed by atoms with Crippen LogP contribution in [-0.4, -0.2) is 37.0 Å². The van der Waals surface area contributed by atoms with E-state index < -0.39 is 0 Å². The molecule has 1 saturated heterocycles.